The third kappa shape index (κ3) is 2.89. The number of nitrogens with zero attached hydrogens (tertiary/aromatic N) is 3. The third-order valence-electron chi connectivity index (χ3n) is 3.55. The van der Waals surface area contributed by atoms with Crippen LogP contribution in [0.1, 0.15) is 25.3 Å². The average molecular weight is 263 g/mol. The summed E-state index contributed by atoms with van der Waals surface area (Å²) >= 11 is 0. The van der Waals surface area contributed by atoms with Crippen LogP contribution in [0.5, 0.6) is 0 Å². The average Bonchev–Trinajstić information content (AvgIpc) is 2.38. The molecule has 6 nitrogen and oxygen atoms in total. The van der Waals surface area contributed by atoms with E-state index < -0.39 is 4.92 Å². The molecule has 1 aromatic rings. The molecule has 0 unspecified atom stereocenters. The van der Waals surface area contributed by atoms with E-state index in [0.717, 1.165) is 18.4 Å². The van der Waals surface area contributed by atoms with Gasteiger partial charge in [0.1, 0.15) is 5.78 Å². The van der Waals surface area contributed by atoms with E-state index in [1.807, 2.05) is 4.90 Å². The molecule has 0 saturated carbocycles. The molecule has 1 aromatic heterocycles. The molecule has 0 N–H and O–H groups in total. The maximum Gasteiger partial charge on any atom is 0.311 e. The van der Waals surface area contributed by atoms with Crippen molar-refractivity contribution in [2.24, 2.45) is 5.92 Å². The van der Waals surface area contributed by atoms with Crippen LogP contribution in [0, 0.1) is 23.0 Å². The predicted octanol–water partition coefficient (Wildman–Crippen LogP) is 2.10. The fraction of sp³-hybridized carbons (Fsp3) is 0.538. The number of aromatic nitrogens is 1. The summed E-state index contributed by atoms with van der Waals surface area (Å²) in [6.07, 6.45) is 3.11. The molecule has 2 heterocycles. The van der Waals surface area contributed by atoms with E-state index in [9.17, 15) is 14.9 Å². The monoisotopic (exact) mass is 263 g/mol. The number of ketones is 1. The lowest BCUT2D eigenvalue weighted by atomic mass is 9.93. The standard InChI is InChI=1S/C13H17N3O3/c1-9-7-12(16(18)19)13(14-8-9)15-5-3-11(4-6-15)10(2)17/h7-8,11H,3-6H2,1-2H3. The Balaban J connectivity index is 2.20. The largest absolute Gasteiger partial charge is 0.351 e. The number of nitro groups is 1. The molecular formula is C13H17N3O3. The van der Waals surface area contributed by atoms with Gasteiger partial charge in [0.25, 0.3) is 0 Å². The highest BCUT2D eigenvalue weighted by atomic mass is 16.6. The lowest BCUT2D eigenvalue weighted by Gasteiger charge is -2.31. The molecule has 0 amide bonds. The molecule has 6 heteroatoms. The van der Waals surface area contributed by atoms with Crippen LogP contribution in [-0.4, -0.2) is 28.8 Å². The summed E-state index contributed by atoms with van der Waals surface area (Å²) in [5, 5.41) is 11.1. The Morgan fingerprint density at radius 1 is 1.47 bits per heavy atom. The Morgan fingerprint density at radius 2 is 2.11 bits per heavy atom. The van der Waals surface area contributed by atoms with E-state index in [1.54, 1.807) is 26.1 Å². The van der Waals surface area contributed by atoms with E-state index in [0.29, 0.717) is 18.9 Å². The summed E-state index contributed by atoms with van der Waals surface area (Å²) in [7, 11) is 0. The van der Waals surface area contributed by atoms with Crippen molar-refractivity contribution in [2.75, 3.05) is 18.0 Å². The van der Waals surface area contributed by atoms with Crippen molar-refractivity contribution in [1.82, 2.24) is 4.98 Å². The van der Waals surface area contributed by atoms with Gasteiger partial charge in [0.2, 0.25) is 5.82 Å². The van der Waals surface area contributed by atoms with Crippen LogP contribution in [0.3, 0.4) is 0 Å². The molecule has 0 radical (unpaired) electrons. The van der Waals surface area contributed by atoms with Gasteiger partial charge in [-0.05, 0) is 32.3 Å². The van der Waals surface area contributed by atoms with Crippen molar-refractivity contribution in [3.8, 4) is 0 Å². The second-order valence-corrected chi connectivity index (χ2v) is 4.98. The van der Waals surface area contributed by atoms with Crippen LogP contribution in [0.15, 0.2) is 12.3 Å². The van der Waals surface area contributed by atoms with Gasteiger partial charge in [0.05, 0.1) is 4.92 Å². The second-order valence-electron chi connectivity index (χ2n) is 4.98. The van der Waals surface area contributed by atoms with Crippen LogP contribution < -0.4 is 4.90 Å². The van der Waals surface area contributed by atoms with E-state index in [2.05, 4.69) is 4.98 Å². The van der Waals surface area contributed by atoms with Crippen molar-refractivity contribution in [3.63, 3.8) is 0 Å². The molecule has 0 aromatic carbocycles. The molecule has 1 fully saturated rings. The summed E-state index contributed by atoms with van der Waals surface area (Å²) in [5.74, 6) is 0.698. The third-order valence-corrected chi connectivity index (χ3v) is 3.55. The van der Waals surface area contributed by atoms with Crippen LogP contribution in [0.4, 0.5) is 11.5 Å². The summed E-state index contributed by atoms with van der Waals surface area (Å²) in [6, 6.07) is 1.54. The molecule has 19 heavy (non-hydrogen) atoms. The Bertz CT molecular complexity index is 508. The smallest absolute Gasteiger partial charge is 0.311 e. The first-order valence-electron chi connectivity index (χ1n) is 6.35. The van der Waals surface area contributed by atoms with Gasteiger partial charge < -0.3 is 4.90 Å². The highest BCUT2D eigenvalue weighted by molar-refractivity contribution is 5.78. The van der Waals surface area contributed by atoms with Crippen molar-refractivity contribution in [1.29, 1.82) is 0 Å². The van der Waals surface area contributed by atoms with Crippen LogP contribution in [-0.2, 0) is 4.79 Å². The van der Waals surface area contributed by atoms with Gasteiger partial charge in [-0.1, -0.05) is 0 Å². The Labute approximate surface area is 111 Å². The van der Waals surface area contributed by atoms with Gasteiger partial charge in [-0.15, -0.1) is 0 Å². The lowest BCUT2D eigenvalue weighted by molar-refractivity contribution is -0.384. The number of anilines is 1. The summed E-state index contributed by atoms with van der Waals surface area (Å²) in [5.41, 5.74) is 0.815. The van der Waals surface area contributed by atoms with Crippen LogP contribution >= 0.6 is 0 Å². The zero-order valence-corrected chi connectivity index (χ0v) is 11.1. The van der Waals surface area contributed by atoms with Crippen LogP contribution in [0.25, 0.3) is 0 Å². The molecule has 0 atom stereocenters. The lowest BCUT2D eigenvalue weighted by Crippen LogP contribution is -2.36. The second kappa shape index (κ2) is 5.34. The van der Waals surface area contributed by atoms with Gasteiger partial charge in [-0.2, -0.15) is 0 Å². The fourth-order valence-electron chi connectivity index (χ4n) is 2.42. The van der Waals surface area contributed by atoms with Gasteiger partial charge in [0.15, 0.2) is 0 Å². The number of hydrogen-bond acceptors (Lipinski definition) is 5. The van der Waals surface area contributed by atoms with Crippen molar-refractivity contribution in [2.45, 2.75) is 26.7 Å². The maximum absolute atomic E-state index is 11.3. The molecule has 0 bridgehead atoms. The Morgan fingerprint density at radius 3 is 2.63 bits per heavy atom. The quantitative estimate of drug-likeness (QED) is 0.616. The van der Waals surface area contributed by atoms with E-state index >= 15 is 0 Å². The molecule has 1 aliphatic rings. The molecule has 1 aliphatic heterocycles. The van der Waals surface area contributed by atoms with E-state index in [4.69, 9.17) is 0 Å². The zero-order valence-electron chi connectivity index (χ0n) is 11.1. The summed E-state index contributed by atoms with van der Waals surface area (Å²) < 4.78 is 0. The number of carbonyl (C=O) groups excluding carboxylic acids is 1. The first-order chi connectivity index (χ1) is 8.99. The van der Waals surface area contributed by atoms with Gasteiger partial charge >= 0.3 is 5.69 Å². The number of Topliss-reactive ketones (excluding diaryl/α,β-unsaturated/α-hetero) is 1. The molecular weight excluding hydrogens is 246 g/mol. The Kier molecular flexibility index (Phi) is 3.78. The fourth-order valence-corrected chi connectivity index (χ4v) is 2.42. The van der Waals surface area contributed by atoms with Crippen LogP contribution in [0.2, 0.25) is 0 Å². The Hall–Kier alpha value is -1.98. The minimum atomic E-state index is -0.396. The minimum absolute atomic E-state index is 0.0428. The van der Waals surface area contributed by atoms with Crippen molar-refractivity contribution < 1.29 is 9.72 Å². The highest BCUT2D eigenvalue weighted by Gasteiger charge is 2.27. The molecule has 1 saturated heterocycles. The van der Waals surface area contributed by atoms with Gasteiger partial charge in [-0.25, -0.2) is 4.98 Å². The number of carbonyl (C=O) groups is 1. The number of rotatable bonds is 3. The van der Waals surface area contributed by atoms with E-state index in [-0.39, 0.29) is 17.4 Å². The highest BCUT2D eigenvalue weighted by Crippen LogP contribution is 2.30. The number of piperidine rings is 1. The molecule has 102 valence electrons. The summed E-state index contributed by atoms with van der Waals surface area (Å²) in [4.78, 5) is 28.1. The molecule has 0 aliphatic carbocycles. The maximum atomic E-state index is 11.3. The molecule has 2 rings (SSSR count). The normalized spacial score (nSPS) is 16.4. The van der Waals surface area contributed by atoms with E-state index in [1.165, 1.54) is 0 Å². The minimum Gasteiger partial charge on any atom is -0.351 e. The zero-order chi connectivity index (χ0) is 14.0. The number of hydrogen-bond donors (Lipinski definition) is 0. The van der Waals surface area contributed by atoms with Gasteiger partial charge in [-0.3, -0.25) is 14.9 Å². The number of aryl methyl sites for hydroxylation is 1. The van der Waals surface area contributed by atoms with Gasteiger partial charge in [0, 0.05) is 31.3 Å². The SMILES string of the molecule is CC(=O)C1CCN(c2ncc(C)cc2[N+](=O)[O-])CC1. The first kappa shape index (κ1) is 13.5. The molecule has 0 spiro atoms. The topological polar surface area (TPSA) is 76.3 Å². The number of pyridine rings is 1. The van der Waals surface area contributed by atoms with Crippen molar-refractivity contribution >= 4 is 17.3 Å². The first-order valence-corrected chi connectivity index (χ1v) is 6.35. The van der Waals surface area contributed by atoms with Crippen molar-refractivity contribution in [3.05, 3.63) is 27.9 Å². The predicted molar refractivity (Wildman–Crippen MR) is 71.2 cm³/mol. The summed E-state index contributed by atoms with van der Waals surface area (Å²) in [6.45, 7) is 4.67.